The molecule has 0 bridgehead atoms. The molecule has 0 N–H and O–H groups in total. The Hall–Kier alpha value is -2.10. The first-order valence-electron chi connectivity index (χ1n) is 6.27. The van der Waals surface area contributed by atoms with Crippen molar-refractivity contribution >= 4 is 11.6 Å². The van der Waals surface area contributed by atoms with Crippen molar-refractivity contribution in [1.82, 2.24) is 5.16 Å². The highest BCUT2D eigenvalue weighted by Crippen LogP contribution is 2.42. The maximum absolute atomic E-state index is 12.2. The fourth-order valence-electron chi connectivity index (χ4n) is 2.63. The summed E-state index contributed by atoms with van der Waals surface area (Å²) in [4.78, 5) is 13.9. The second kappa shape index (κ2) is 3.70. The molecule has 19 heavy (non-hydrogen) atoms. The van der Waals surface area contributed by atoms with Gasteiger partial charge in [0.1, 0.15) is 0 Å². The molecule has 1 amide bonds. The number of hydrogen-bond acceptors (Lipinski definition) is 3. The summed E-state index contributed by atoms with van der Waals surface area (Å²) >= 11 is 0. The predicted octanol–water partition coefficient (Wildman–Crippen LogP) is 2.90. The summed E-state index contributed by atoms with van der Waals surface area (Å²) in [6.07, 6.45) is 0. The van der Waals surface area contributed by atoms with Gasteiger partial charge in [-0.2, -0.15) is 0 Å². The van der Waals surface area contributed by atoms with E-state index in [9.17, 15) is 4.79 Å². The summed E-state index contributed by atoms with van der Waals surface area (Å²) in [6.45, 7) is 5.80. The zero-order chi connectivity index (χ0) is 13.8. The summed E-state index contributed by atoms with van der Waals surface area (Å²) in [7, 11) is 1.81. The summed E-state index contributed by atoms with van der Waals surface area (Å²) in [5.74, 6) is 0.847. The van der Waals surface area contributed by atoms with Crippen LogP contribution in [-0.4, -0.2) is 18.1 Å². The third kappa shape index (κ3) is 1.59. The first-order chi connectivity index (χ1) is 8.91. The Balaban J connectivity index is 2.14. The van der Waals surface area contributed by atoms with E-state index in [2.05, 4.69) is 5.16 Å². The molecule has 0 saturated carbocycles. The molecule has 1 aromatic carbocycles. The zero-order valence-electron chi connectivity index (χ0n) is 11.5. The second-order valence-corrected chi connectivity index (χ2v) is 5.55. The number of nitrogens with zero attached hydrogens (tertiary/aromatic N) is 2. The lowest BCUT2D eigenvalue weighted by molar-refractivity contribution is -0.121. The molecule has 0 unspecified atom stereocenters. The van der Waals surface area contributed by atoms with E-state index in [1.807, 2.05) is 52.1 Å². The van der Waals surface area contributed by atoms with Gasteiger partial charge >= 0.3 is 0 Å². The van der Waals surface area contributed by atoms with Crippen molar-refractivity contribution in [3.63, 3.8) is 0 Å². The molecule has 4 nitrogen and oxygen atoms in total. The van der Waals surface area contributed by atoms with Gasteiger partial charge in [0.05, 0.1) is 11.1 Å². The summed E-state index contributed by atoms with van der Waals surface area (Å²) in [6, 6.07) is 7.86. The van der Waals surface area contributed by atoms with Gasteiger partial charge in [-0.15, -0.1) is 0 Å². The van der Waals surface area contributed by atoms with Crippen LogP contribution in [0.2, 0.25) is 0 Å². The SMILES string of the molecule is Cc1cc(-c2ccc3c(c2)N(C)C(=O)C3(C)C)on1. The molecular weight excluding hydrogens is 240 g/mol. The Bertz CT molecular complexity index is 671. The van der Waals surface area contributed by atoms with Crippen LogP contribution in [0.15, 0.2) is 28.8 Å². The van der Waals surface area contributed by atoms with Gasteiger partial charge in [0.25, 0.3) is 0 Å². The fraction of sp³-hybridized carbons (Fsp3) is 0.333. The van der Waals surface area contributed by atoms with Crippen LogP contribution >= 0.6 is 0 Å². The molecule has 4 heteroatoms. The van der Waals surface area contributed by atoms with Gasteiger partial charge in [-0.05, 0) is 32.4 Å². The molecule has 0 fully saturated rings. The van der Waals surface area contributed by atoms with Crippen molar-refractivity contribution in [3.05, 3.63) is 35.5 Å². The molecule has 0 radical (unpaired) electrons. The van der Waals surface area contributed by atoms with Crippen LogP contribution in [0.4, 0.5) is 5.69 Å². The van der Waals surface area contributed by atoms with Gasteiger partial charge in [-0.25, -0.2) is 0 Å². The van der Waals surface area contributed by atoms with Crippen LogP contribution in [0.3, 0.4) is 0 Å². The monoisotopic (exact) mass is 256 g/mol. The highest BCUT2D eigenvalue weighted by atomic mass is 16.5. The van der Waals surface area contributed by atoms with E-state index in [4.69, 9.17) is 4.52 Å². The topological polar surface area (TPSA) is 46.3 Å². The molecule has 3 rings (SSSR count). The largest absolute Gasteiger partial charge is 0.356 e. The van der Waals surface area contributed by atoms with E-state index in [1.165, 1.54) is 0 Å². The molecule has 0 spiro atoms. The third-order valence-corrected chi connectivity index (χ3v) is 3.78. The average molecular weight is 256 g/mol. The van der Waals surface area contributed by atoms with Crippen molar-refractivity contribution < 1.29 is 9.32 Å². The Morgan fingerprint density at radius 2 is 2.00 bits per heavy atom. The van der Waals surface area contributed by atoms with Crippen LogP contribution in [0.25, 0.3) is 11.3 Å². The Morgan fingerprint density at radius 1 is 1.26 bits per heavy atom. The van der Waals surface area contributed by atoms with Crippen molar-refractivity contribution in [1.29, 1.82) is 0 Å². The highest BCUT2D eigenvalue weighted by Gasteiger charge is 2.42. The molecule has 1 aliphatic heterocycles. The number of likely N-dealkylation sites (N-methyl/N-ethyl adjacent to an activating group) is 1. The van der Waals surface area contributed by atoms with Crippen LogP contribution in [-0.2, 0) is 10.2 Å². The first kappa shape index (κ1) is 12.0. The van der Waals surface area contributed by atoms with Gasteiger partial charge in [0, 0.05) is 24.4 Å². The number of carbonyl (C=O) groups excluding carboxylic acids is 1. The minimum Gasteiger partial charge on any atom is -0.356 e. The van der Waals surface area contributed by atoms with E-state index in [1.54, 1.807) is 4.90 Å². The number of hydrogen-bond donors (Lipinski definition) is 0. The fourth-order valence-corrected chi connectivity index (χ4v) is 2.63. The number of fused-ring (bicyclic) bond motifs is 1. The van der Waals surface area contributed by atoms with Crippen LogP contribution < -0.4 is 4.90 Å². The summed E-state index contributed by atoms with van der Waals surface area (Å²) < 4.78 is 5.27. The lowest BCUT2D eigenvalue weighted by Crippen LogP contribution is -2.33. The van der Waals surface area contributed by atoms with Crippen LogP contribution in [0, 0.1) is 6.92 Å². The van der Waals surface area contributed by atoms with Gasteiger partial charge < -0.3 is 9.42 Å². The smallest absolute Gasteiger partial charge is 0.236 e. The molecular formula is C15H16N2O2. The van der Waals surface area contributed by atoms with E-state index in [0.29, 0.717) is 0 Å². The lowest BCUT2D eigenvalue weighted by Gasteiger charge is -2.16. The Labute approximate surface area is 112 Å². The minimum absolute atomic E-state index is 0.119. The number of aryl methyl sites for hydroxylation is 1. The quantitative estimate of drug-likeness (QED) is 0.788. The molecule has 1 aliphatic rings. The van der Waals surface area contributed by atoms with E-state index in [-0.39, 0.29) is 5.91 Å². The highest BCUT2D eigenvalue weighted by molar-refractivity contribution is 6.07. The van der Waals surface area contributed by atoms with Crippen molar-refractivity contribution in [2.75, 3.05) is 11.9 Å². The van der Waals surface area contributed by atoms with Gasteiger partial charge in [-0.1, -0.05) is 17.3 Å². The first-order valence-corrected chi connectivity index (χ1v) is 6.27. The molecule has 0 saturated heterocycles. The van der Waals surface area contributed by atoms with Gasteiger partial charge in [0.2, 0.25) is 5.91 Å². The lowest BCUT2D eigenvalue weighted by atomic mass is 9.86. The van der Waals surface area contributed by atoms with E-state index in [0.717, 1.165) is 28.3 Å². The number of benzene rings is 1. The Kier molecular flexibility index (Phi) is 2.33. The van der Waals surface area contributed by atoms with Crippen molar-refractivity contribution in [3.8, 4) is 11.3 Å². The van der Waals surface area contributed by atoms with E-state index >= 15 is 0 Å². The molecule has 0 aliphatic carbocycles. The van der Waals surface area contributed by atoms with Crippen LogP contribution in [0.1, 0.15) is 25.1 Å². The maximum atomic E-state index is 12.2. The molecule has 0 atom stereocenters. The molecule has 1 aromatic heterocycles. The van der Waals surface area contributed by atoms with Gasteiger partial charge in [0.15, 0.2) is 5.76 Å². The molecule has 2 aromatic rings. The maximum Gasteiger partial charge on any atom is 0.236 e. The minimum atomic E-state index is -0.458. The molecule has 98 valence electrons. The Morgan fingerprint density at radius 3 is 2.63 bits per heavy atom. The normalized spacial score (nSPS) is 16.8. The number of anilines is 1. The standard InChI is InChI=1S/C15H16N2O2/c1-9-7-13(19-16-9)10-5-6-11-12(8-10)17(4)14(18)15(11,2)3/h5-8H,1-4H3. The van der Waals surface area contributed by atoms with Crippen molar-refractivity contribution in [2.24, 2.45) is 0 Å². The van der Waals surface area contributed by atoms with Crippen molar-refractivity contribution in [2.45, 2.75) is 26.2 Å². The third-order valence-electron chi connectivity index (χ3n) is 3.78. The summed E-state index contributed by atoms with van der Waals surface area (Å²) in [5.41, 5.74) is 3.33. The number of aromatic nitrogens is 1. The number of amides is 1. The predicted molar refractivity (Wildman–Crippen MR) is 73.1 cm³/mol. The molecule has 2 heterocycles. The zero-order valence-corrected chi connectivity index (χ0v) is 11.5. The number of carbonyl (C=O) groups is 1. The van der Waals surface area contributed by atoms with E-state index < -0.39 is 5.41 Å². The van der Waals surface area contributed by atoms with Crippen LogP contribution in [0.5, 0.6) is 0 Å². The van der Waals surface area contributed by atoms with Gasteiger partial charge in [-0.3, -0.25) is 4.79 Å². The average Bonchev–Trinajstić information content (AvgIpc) is 2.88. The summed E-state index contributed by atoms with van der Waals surface area (Å²) in [5, 5.41) is 3.89. The number of rotatable bonds is 1. The second-order valence-electron chi connectivity index (χ2n) is 5.55.